The molecule has 0 saturated carbocycles. The van der Waals surface area contributed by atoms with E-state index in [0.29, 0.717) is 12.1 Å². The lowest BCUT2D eigenvalue weighted by molar-refractivity contribution is -0.384. The highest BCUT2D eigenvalue weighted by atomic mass is 16.6. The molecule has 1 rings (SSSR count). The van der Waals surface area contributed by atoms with Gasteiger partial charge in [-0.25, -0.2) is 0 Å². The maximum atomic E-state index is 11.9. The molecule has 1 amide bonds. The van der Waals surface area contributed by atoms with Crippen molar-refractivity contribution in [3.05, 3.63) is 83.0 Å². The average molecular weight is 425 g/mol. The van der Waals surface area contributed by atoms with Gasteiger partial charge in [-0.05, 0) is 57.1 Å². The first kappa shape index (κ1) is 26.1. The molecule has 0 bridgehead atoms. The van der Waals surface area contributed by atoms with Crippen LogP contribution < -0.4 is 5.32 Å². The van der Waals surface area contributed by atoms with Crippen LogP contribution in [0.1, 0.15) is 71.1 Å². The van der Waals surface area contributed by atoms with Gasteiger partial charge < -0.3 is 5.32 Å². The van der Waals surface area contributed by atoms with Crippen LogP contribution in [-0.2, 0) is 4.79 Å². The van der Waals surface area contributed by atoms with Crippen LogP contribution in [0, 0.1) is 10.1 Å². The van der Waals surface area contributed by atoms with Crippen molar-refractivity contribution in [1.29, 1.82) is 0 Å². The molecule has 1 aromatic carbocycles. The Morgan fingerprint density at radius 2 is 1.35 bits per heavy atom. The standard InChI is InChI=1S/C26H36N2O3/c1-2-3-4-5-6-7-8-9-10-11-12-13-14-15-16-17-18-19-26(29)27-24-20-22-25(23-21-24)28(30)31/h6-7,9-10,12-13,15-16,20-23H,2-5,8,11,14,17-19H2,1H3,(H,27,29)/b7-6+,10-9+,13-12+,16-15+. The second-order valence-corrected chi connectivity index (χ2v) is 7.33. The van der Waals surface area contributed by atoms with Crippen molar-refractivity contribution >= 4 is 17.3 Å². The van der Waals surface area contributed by atoms with Crippen molar-refractivity contribution < 1.29 is 9.72 Å². The van der Waals surface area contributed by atoms with Crippen molar-refractivity contribution in [2.75, 3.05) is 5.32 Å². The molecule has 1 aromatic rings. The number of rotatable bonds is 16. The number of nitrogens with one attached hydrogen (secondary N) is 1. The van der Waals surface area contributed by atoms with Crippen LogP contribution in [0.5, 0.6) is 0 Å². The molecule has 0 aliphatic heterocycles. The number of non-ortho nitro benzene ring substituents is 1. The van der Waals surface area contributed by atoms with E-state index in [1.54, 1.807) is 12.1 Å². The molecule has 1 N–H and O–H groups in total. The Kier molecular flexibility index (Phi) is 15.0. The summed E-state index contributed by atoms with van der Waals surface area (Å²) in [5.74, 6) is -0.0789. The fraction of sp³-hybridized carbons (Fsp3) is 0.423. The van der Waals surface area contributed by atoms with Gasteiger partial charge in [-0.15, -0.1) is 0 Å². The molecule has 0 unspecified atom stereocenters. The van der Waals surface area contributed by atoms with E-state index in [2.05, 4.69) is 60.8 Å². The largest absolute Gasteiger partial charge is 0.326 e. The number of hydrogen-bond acceptors (Lipinski definition) is 3. The highest BCUT2D eigenvalue weighted by Crippen LogP contribution is 2.15. The van der Waals surface area contributed by atoms with Gasteiger partial charge in [0.15, 0.2) is 0 Å². The fourth-order valence-corrected chi connectivity index (χ4v) is 2.83. The number of unbranched alkanes of at least 4 members (excludes halogenated alkanes) is 4. The number of anilines is 1. The smallest absolute Gasteiger partial charge is 0.269 e. The van der Waals surface area contributed by atoms with Gasteiger partial charge >= 0.3 is 0 Å². The van der Waals surface area contributed by atoms with Crippen molar-refractivity contribution in [3.63, 3.8) is 0 Å². The molecular weight excluding hydrogens is 388 g/mol. The third-order valence-electron chi connectivity index (χ3n) is 4.59. The Labute approximate surface area is 186 Å². The second kappa shape index (κ2) is 17.9. The molecule has 0 aliphatic carbocycles. The minimum atomic E-state index is -0.460. The third kappa shape index (κ3) is 14.6. The van der Waals surface area contributed by atoms with Crippen LogP contribution in [0.15, 0.2) is 72.9 Å². The van der Waals surface area contributed by atoms with Crippen LogP contribution in [0.25, 0.3) is 0 Å². The number of nitro groups is 1. The van der Waals surface area contributed by atoms with Crippen molar-refractivity contribution in [3.8, 4) is 0 Å². The van der Waals surface area contributed by atoms with Gasteiger partial charge in [0.05, 0.1) is 4.92 Å². The van der Waals surface area contributed by atoms with Gasteiger partial charge in [0.1, 0.15) is 0 Å². The van der Waals surface area contributed by atoms with Crippen LogP contribution in [-0.4, -0.2) is 10.8 Å². The third-order valence-corrected chi connectivity index (χ3v) is 4.59. The van der Waals surface area contributed by atoms with Crippen LogP contribution in [0.4, 0.5) is 11.4 Å². The highest BCUT2D eigenvalue weighted by molar-refractivity contribution is 5.90. The van der Waals surface area contributed by atoms with E-state index >= 15 is 0 Å². The van der Waals surface area contributed by atoms with E-state index in [1.165, 1.54) is 37.8 Å². The zero-order chi connectivity index (χ0) is 22.6. The number of amides is 1. The molecule has 0 radical (unpaired) electrons. The number of nitro benzene ring substituents is 1. The number of benzene rings is 1. The van der Waals surface area contributed by atoms with E-state index in [0.717, 1.165) is 32.1 Å². The number of allylic oxidation sites excluding steroid dienone is 8. The van der Waals surface area contributed by atoms with E-state index in [4.69, 9.17) is 0 Å². The Morgan fingerprint density at radius 1 is 0.839 bits per heavy atom. The summed E-state index contributed by atoms with van der Waals surface area (Å²) in [4.78, 5) is 22.1. The zero-order valence-electron chi connectivity index (χ0n) is 18.7. The Hall–Kier alpha value is -2.95. The predicted molar refractivity (Wildman–Crippen MR) is 130 cm³/mol. The van der Waals surface area contributed by atoms with E-state index in [-0.39, 0.29) is 11.6 Å². The molecule has 0 saturated heterocycles. The highest BCUT2D eigenvalue weighted by Gasteiger charge is 2.06. The molecule has 0 aromatic heterocycles. The Morgan fingerprint density at radius 3 is 1.87 bits per heavy atom. The Balaban J connectivity index is 2.03. The molecule has 0 aliphatic rings. The molecular formula is C26H36N2O3. The predicted octanol–water partition coefficient (Wildman–Crippen LogP) is 7.68. The fourth-order valence-electron chi connectivity index (χ4n) is 2.83. The lowest BCUT2D eigenvalue weighted by Crippen LogP contribution is -2.10. The summed E-state index contributed by atoms with van der Waals surface area (Å²) >= 11 is 0. The van der Waals surface area contributed by atoms with Crippen molar-refractivity contribution in [1.82, 2.24) is 0 Å². The molecule has 0 heterocycles. The topological polar surface area (TPSA) is 72.2 Å². The summed E-state index contributed by atoms with van der Waals surface area (Å²) in [6.45, 7) is 2.23. The van der Waals surface area contributed by atoms with Gasteiger partial charge in [0.25, 0.3) is 5.69 Å². The van der Waals surface area contributed by atoms with Crippen molar-refractivity contribution in [2.45, 2.75) is 71.1 Å². The van der Waals surface area contributed by atoms with Crippen LogP contribution in [0.2, 0.25) is 0 Å². The zero-order valence-corrected chi connectivity index (χ0v) is 18.7. The van der Waals surface area contributed by atoms with Gasteiger partial charge in [-0.2, -0.15) is 0 Å². The molecule has 0 atom stereocenters. The van der Waals surface area contributed by atoms with Gasteiger partial charge in [0.2, 0.25) is 5.91 Å². The SMILES string of the molecule is CCCCC/C=C/C/C=C/C/C=C/C/C=C/CCCC(=O)Nc1ccc([N+](=O)[O-])cc1. The van der Waals surface area contributed by atoms with Gasteiger partial charge in [-0.3, -0.25) is 14.9 Å². The van der Waals surface area contributed by atoms with E-state index in [9.17, 15) is 14.9 Å². The number of carbonyl (C=O) groups excluding carboxylic acids is 1. The summed E-state index contributed by atoms with van der Waals surface area (Å²) in [5, 5.41) is 13.4. The lowest BCUT2D eigenvalue weighted by atomic mass is 10.2. The average Bonchev–Trinajstić information content (AvgIpc) is 2.76. The minimum absolute atomic E-state index is 0.0125. The number of carbonyl (C=O) groups is 1. The molecule has 0 spiro atoms. The monoisotopic (exact) mass is 424 g/mol. The molecule has 5 nitrogen and oxygen atoms in total. The normalized spacial score (nSPS) is 11.9. The quantitative estimate of drug-likeness (QED) is 0.128. The first-order valence-electron chi connectivity index (χ1n) is 11.3. The first-order chi connectivity index (χ1) is 15.1. The summed E-state index contributed by atoms with van der Waals surface area (Å²) in [7, 11) is 0. The summed E-state index contributed by atoms with van der Waals surface area (Å²) in [5.41, 5.74) is 0.590. The molecule has 168 valence electrons. The Bertz CT molecular complexity index is 746. The number of nitrogens with zero attached hydrogens (tertiary/aromatic N) is 1. The molecule has 0 fully saturated rings. The lowest BCUT2D eigenvalue weighted by Gasteiger charge is -2.04. The summed E-state index contributed by atoms with van der Waals surface area (Å²) in [6, 6.07) is 5.86. The maximum absolute atomic E-state index is 11.9. The summed E-state index contributed by atoms with van der Waals surface area (Å²) < 4.78 is 0. The molecule has 5 heteroatoms. The van der Waals surface area contributed by atoms with E-state index < -0.39 is 4.92 Å². The number of hydrogen-bond donors (Lipinski definition) is 1. The van der Waals surface area contributed by atoms with E-state index in [1.807, 2.05) is 0 Å². The minimum Gasteiger partial charge on any atom is -0.326 e. The second-order valence-electron chi connectivity index (χ2n) is 7.33. The van der Waals surface area contributed by atoms with Gasteiger partial charge in [-0.1, -0.05) is 68.4 Å². The van der Waals surface area contributed by atoms with Crippen molar-refractivity contribution in [2.24, 2.45) is 0 Å². The van der Waals surface area contributed by atoms with Crippen LogP contribution >= 0.6 is 0 Å². The molecule has 31 heavy (non-hydrogen) atoms. The maximum Gasteiger partial charge on any atom is 0.269 e. The van der Waals surface area contributed by atoms with Crippen LogP contribution in [0.3, 0.4) is 0 Å². The summed E-state index contributed by atoms with van der Waals surface area (Å²) in [6.07, 6.45) is 27.5. The first-order valence-corrected chi connectivity index (χ1v) is 11.3. The van der Waals surface area contributed by atoms with Gasteiger partial charge in [0, 0.05) is 24.2 Å².